The number of piperazine rings is 1. The lowest BCUT2D eigenvalue weighted by Gasteiger charge is -2.34. The molecular weight excluding hydrogens is 402 g/mol. The zero-order valence-corrected chi connectivity index (χ0v) is 17.7. The number of benzene rings is 1. The van der Waals surface area contributed by atoms with Crippen molar-refractivity contribution in [1.29, 1.82) is 0 Å². The highest BCUT2D eigenvalue weighted by atomic mass is 19.1. The van der Waals surface area contributed by atoms with E-state index in [1.807, 2.05) is 12.1 Å². The lowest BCUT2D eigenvalue weighted by Crippen LogP contribution is -2.50. The van der Waals surface area contributed by atoms with E-state index >= 15 is 0 Å². The Morgan fingerprint density at radius 3 is 2.61 bits per heavy atom. The quantitative estimate of drug-likeness (QED) is 0.673. The number of carbonyl (C=O) groups is 1. The fourth-order valence-corrected chi connectivity index (χ4v) is 3.84. The van der Waals surface area contributed by atoms with Crippen molar-refractivity contribution in [3.63, 3.8) is 0 Å². The highest BCUT2D eigenvalue weighted by Crippen LogP contribution is 2.20. The maximum absolute atomic E-state index is 13.8. The molecule has 1 aliphatic heterocycles. The highest BCUT2D eigenvalue weighted by Gasteiger charge is 2.22. The standard InChI is InChI=1S/C22H26F2N6O/c1-15(2)20-26-19-4-3-7-25-21(19)30(20)13-10-28-8-11-29(12-9-28)22(31)27-18-6-5-16(23)14-17(18)24/h3-7,14-15H,8-13H2,1-2H3,(H,27,31). The monoisotopic (exact) mass is 428 g/mol. The third-order valence-corrected chi connectivity index (χ3v) is 5.52. The second-order valence-electron chi connectivity index (χ2n) is 8.01. The molecule has 2 amide bonds. The molecule has 0 atom stereocenters. The first-order valence-corrected chi connectivity index (χ1v) is 10.5. The number of amides is 2. The van der Waals surface area contributed by atoms with Crippen molar-refractivity contribution in [1.82, 2.24) is 24.3 Å². The number of nitrogens with zero attached hydrogens (tertiary/aromatic N) is 5. The fraction of sp³-hybridized carbons (Fsp3) is 0.409. The summed E-state index contributed by atoms with van der Waals surface area (Å²) in [5.74, 6) is -0.144. The van der Waals surface area contributed by atoms with Crippen LogP contribution in [0.5, 0.6) is 0 Å². The Labute approximate surface area is 179 Å². The van der Waals surface area contributed by atoms with Gasteiger partial charge in [0.2, 0.25) is 0 Å². The molecule has 0 spiro atoms. The van der Waals surface area contributed by atoms with Crippen molar-refractivity contribution in [2.24, 2.45) is 0 Å². The molecule has 164 valence electrons. The molecule has 3 aromatic rings. The average Bonchev–Trinajstić information content (AvgIpc) is 3.13. The topological polar surface area (TPSA) is 66.3 Å². The minimum atomic E-state index is -0.783. The van der Waals surface area contributed by atoms with E-state index < -0.39 is 11.6 Å². The summed E-state index contributed by atoms with van der Waals surface area (Å²) in [4.78, 5) is 25.6. The Morgan fingerprint density at radius 2 is 1.90 bits per heavy atom. The first-order valence-electron chi connectivity index (χ1n) is 10.5. The van der Waals surface area contributed by atoms with Gasteiger partial charge in [-0.3, -0.25) is 4.90 Å². The van der Waals surface area contributed by atoms with Crippen molar-refractivity contribution in [3.05, 3.63) is 54.0 Å². The van der Waals surface area contributed by atoms with Gasteiger partial charge < -0.3 is 14.8 Å². The predicted octanol–water partition coefficient (Wildman–Crippen LogP) is 3.68. The van der Waals surface area contributed by atoms with Crippen LogP contribution in [0.15, 0.2) is 36.5 Å². The molecule has 1 fully saturated rings. The molecule has 4 rings (SSSR count). The van der Waals surface area contributed by atoms with Crippen LogP contribution >= 0.6 is 0 Å². The number of urea groups is 1. The zero-order valence-electron chi connectivity index (χ0n) is 17.7. The van der Waals surface area contributed by atoms with Crippen molar-refractivity contribution < 1.29 is 13.6 Å². The van der Waals surface area contributed by atoms with Crippen molar-refractivity contribution in [3.8, 4) is 0 Å². The normalized spacial score (nSPS) is 15.1. The van der Waals surface area contributed by atoms with E-state index in [0.29, 0.717) is 19.0 Å². The van der Waals surface area contributed by atoms with Crippen LogP contribution in [0.4, 0.5) is 19.3 Å². The van der Waals surface area contributed by atoms with E-state index in [1.165, 1.54) is 6.07 Å². The molecule has 0 radical (unpaired) electrons. The van der Waals surface area contributed by atoms with Crippen LogP contribution in [0, 0.1) is 11.6 Å². The Kier molecular flexibility index (Phi) is 6.13. The molecule has 0 saturated carbocycles. The number of halogens is 2. The minimum Gasteiger partial charge on any atom is -0.322 e. The summed E-state index contributed by atoms with van der Waals surface area (Å²) < 4.78 is 29.0. The number of anilines is 1. The third-order valence-electron chi connectivity index (χ3n) is 5.52. The molecule has 1 N–H and O–H groups in total. The van der Waals surface area contributed by atoms with E-state index in [0.717, 1.165) is 55.3 Å². The number of hydrogen-bond donors (Lipinski definition) is 1. The molecule has 0 unspecified atom stereocenters. The summed E-state index contributed by atoms with van der Waals surface area (Å²) in [6.45, 7) is 8.35. The summed E-state index contributed by atoms with van der Waals surface area (Å²) in [5, 5.41) is 2.52. The molecule has 9 heteroatoms. The first-order chi connectivity index (χ1) is 14.9. The van der Waals surface area contributed by atoms with E-state index in [9.17, 15) is 13.6 Å². The number of nitrogens with one attached hydrogen (secondary N) is 1. The van der Waals surface area contributed by atoms with Gasteiger partial charge in [-0.15, -0.1) is 0 Å². The molecule has 31 heavy (non-hydrogen) atoms. The van der Waals surface area contributed by atoms with Crippen molar-refractivity contribution >= 4 is 22.9 Å². The van der Waals surface area contributed by atoms with Crippen molar-refractivity contribution in [2.75, 3.05) is 38.0 Å². The minimum absolute atomic E-state index is 0.0190. The number of hydrogen-bond acceptors (Lipinski definition) is 4. The summed E-state index contributed by atoms with van der Waals surface area (Å²) in [7, 11) is 0. The molecule has 7 nitrogen and oxygen atoms in total. The van der Waals surface area contributed by atoms with Gasteiger partial charge in [-0.1, -0.05) is 13.8 Å². The van der Waals surface area contributed by atoms with Crippen LogP contribution in [0.25, 0.3) is 11.2 Å². The van der Waals surface area contributed by atoms with Crippen LogP contribution in [-0.2, 0) is 6.54 Å². The number of carbonyl (C=O) groups excluding carboxylic acids is 1. The zero-order chi connectivity index (χ0) is 22.0. The summed E-state index contributed by atoms with van der Waals surface area (Å²) in [6.07, 6.45) is 1.78. The summed E-state index contributed by atoms with van der Waals surface area (Å²) in [6, 6.07) is 6.61. The maximum Gasteiger partial charge on any atom is 0.322 e. The van der Waals surface area contributed by atoms with E-state index in [-0.39, 0.29) is 11.7 Å². The van der Waals surface area contributed by atoms with Gasteiger partial charge in [0.05, 0.1) is 5.69 Å². The van der Waals surface area contributed by atoms with Crippen molar-refractivity contribution in [2.45, 2.75) is 26.3 Å². The lowest BCUT2D eigenvalue weighted by atomic mass is 10.2. The lowest BCUT2D eigenvalue weighted by molar-refractivity contribution is 0.144. The van der Waals surface area contributed by atoms with Crippen LogP contribution in [0.2, 0.25) is 0 Å². The van der Waals surface area contributed by atoms with E-state index in [2.05, 4.69) is 33.6 Å². The summed E-state index contributed by atoms with van der Waals surface area (Å²) >= 11 is 0. The van der Waals surface area contributed by atoms with Gasteiger partial charge in [0.25, 0.3) is 0 Å². The average molecular weight is 428 g/mol. The summed E-state index contributed by atoms with van der Waals surface area (Å²) in [5.41, 5.74) is 1.78. The van der Waals surface area contributed by atoms with Gasteiger partial charge in [-0.2, -0.15) is 0 Å². The number of rotatable bonds is 5. The van der Waals surface area contributed by atoms with Gasteiger partial charge in [-0.05, 0) is 24.3 Å². The third kappa shape index (κ3) is 4.66. The molecule has 0 aliphatic carbocycles. The SMILES string of the molecule is CC(C)c1nc2cccnc2n1CCN1CCN(C(=O)Nc2ccc(F)cc2F)CC1. The smallest absolute Gasteiger partial charge is 0.322 e. The largest absolute Gasteiger partial charge is 0.322 e. The Morgan fingerprint density at radius 1 is 1.13 bits per heavy atom. The van der Waals surface area contributed by atoms with Crippen LogP contribution in [0.3, 0.4) is 0 Å². The van der Waals surface area contributed by atoms with E-state index in [1.54, 1.807) is 11.1 Å². The molecular formula is C22H26F2N6O. The van der Waals surface area contributed by atoms with Crippen LogP contribution in [0.1, 0.15) is 25.6 Å². The molecule has 0 bridgehead atoms. The molecule has 2 aromatic heterocycles. The fourth-order valence-electron chi connectivity index (χ4n) is 3.84. The molecule has 1 saturated heterocycles. The van der Waals surface area contributed by atoms with Crippen LogP contribution < -0.4 is 5.32 Å². The number of fused-ring (bicyclic) bond motifs is 1. The highest BCUT2D eigenvalue weighted by molar-refractivity contribution is 5.89. The van der Waals surface area contributed by atoms with Gasteiger partial charge in [-0.25, -0.2) is 23.5 Å². The van der Waals surface area contributed by atoms with Gasteiger partial charge >= 0.3 is 6.03 Å². The second-order valence-corrected chi connectivity index (χ2v) is 8.01. The predicted molar refractivity (Wildman–Crippen MR) is 115 cm³/mol. The van der Waals surface area contributed by atoms with Gasteiger partial charge in [0.1, 0.15) is 23.0 Å². The molecule has 3 heterocycles. The van der Waals surface area contributed by atoms with Crippen LogP contribution in [-0.4, -0.2) is 63.1 Å². The maximum atomic E-state index is 13.8. The molecule has 1 aliphatic rings. The first kappa shape index (κ1) is 21.2. The number of pyridine rings is 1. The van der Waals surface area contributed by atoms with E-state index in [4.69, 9.17) is 4.98 Å². The Bertz CT molecular complexity index is 1080. The van der Waals surface area contributed by atoms with Gasteiger partial charge in [0, 0.05) is 57.4 Å². The Hall–Kier alpha value is -3.07. The number of aromatic nitrogens is 3. The number of imidazole rings is 1. The second kappa shape index (κ2) is 8.97. The Balaban J connectivity index is 1.33. The van der Waals surface area contributed by atoms with Gasteiger partial charge in [0.15, 0.2) is 5.65 Å². The molecule has 1 aromatic carbocycles.